The first-order chi connectivity index (χ1) is 30.8. The molecule has 6 aromatic rings. The Morgan fingerprint density at radius 3 is 1.12 bits per heavy atom. The van der Waals surface area contributed by atoms with E-state index in [1.807, 2.05) is 60.7 Å². The highest BCUT2D eigenvalue weighted by Gasteiger charge is 2.12. The summed E-state index contributed by atoms with van der Waals surface area (Å²) in [5.41, 5.74) is 11.6. The first kappa shape index (κ1) is 47.1. The van der Waals surface area contributed by atoms with Gasteiger partial charge in [-0.3, -0.25) is 4.79 Å². The third-order valence-corrected chi connectivity index (χ3v) is 9.66. The van der Waals surface area contributed by atoms with Crippen molar-refractivity contribution < 1.29 is 40.1 Å². The maximum Gasteiger partial charge on any atom is 0.305 e. The largest absolute Gasteiger partial charge is 0.664 e. The minimum atomic E-state index is -1.19. The second-order valence-corrected chi connectivity index (χ2v) is 14.8. The molecule has 0 fully saturated rings. The third kappa shape index (κ3) is 15.8. The predicted octanol–water partition coefficient (Wildman–Crippen LogP) is 9.00. The fourth-order valence-electron chi connectivity index (χ4n) is 6.27. The van der Waals surface area contributed by atoms with E-state index < -0.39 is 11.9 Å². The van der Waals surface area contributed by atoms with Crippen LogP contribution in [0.4, 0.5) is 56.9 Å². The van der Waals surface area contributed by atoms with E-state index >= 15 is 0 Å². The summed E-state index contributed by atoms with van der Waals surface area (Å²) in [6, 6.07) is 47.4. The summed E-state index contributed by atoms with van der Waals surface area (Å²) in [5, 5.41) is 52.8. The van der Waals surface area contributed by atoms with Crippen molar-refractivity contribution in [3.05, 3.63) is 181 Å². The molecule has 0 atom stereocenters. The molecule has 6 rings (SSSR count). The van der Waals surface area contributed by atoms with Crippen LogP contribution in [-0.4, -0.2) is 48.5 Å². The van der Waals surface area contributed by atoms with E-state index in [0.29, 0.717) is 5.69 Å². The van der Waals surface area contributed by atoms with Gasteiger partial charge in [-0.2, -0.15) is 0 Å². The Labute approximate surface area is 373 Å². The van der Waals surface area contributed by atoms with Gasteiger partial charge in [-0.05, 0) is 135 Å². The van der Waals surface area contributed by atoms with Crippen molar-refractivity contribution in [2.75, 3.05) is 57.2 Å². The number of hydrogen-bond donors (Lipinski definition) is 6. The van der Waals surface area contributed by atoms with Crippen molar-refractivity contribution >= 4 is 68.8 Å². The summed E-state index contributed by atoms with van der Waals surface area (Å²) < 4.78 is 0. The summed E-state index contributed by atoms with van der Waals surface area (Å²) in [6.07, 6.45) is -0.312. The van der Waals surface area contributed by atoms with Gasteiger partial charge in [0.15, 0.2) is 5.76 Å². The Kier molecular flexibility index (Phi) is 17.6. The lowest BCUT2D eigenvalue weighted by Gasteiger charge is -2.26. The van der Waals surface area contributed by atoms with Gasteiger partial charge < -0.3 is 61.1 Å². The molecule has 0 heterocycles. The number of anilines is 10. The van der Waals surface area contributed by atoms with Gasteiger partial charge in [-0.25, -0.2) is 5.26 Å². The van der Waals surface area contributed by atoms with Crippen LogP contribution in [0.2, 0.25) is 0 Å². The summed E-state index contributed by atoms with van der Waals surface area (Å²) in [4.78, 5) is 33.4. The van der Waals surface area contributed by atoms with Crippen LogP contribution in [0.5, 0.6) is 0 Å². The zero-order chi connectivity index (χ0) is 45.8. The lowest BCUT2D eigenvalue weighted by atomic mass is 10.2. The first-order valence-corrected chi connectivity index (χ1v) is 20.4. The molecule has 0 amide bonds. The molecule has 0 aliphatic heterocycles. The van der Waals surface area contributed by atoms with E-state index in [0.717, 1.165) is 51.2 Å². The maximum absolute atomic E-state index is 11.0. The molecule has 0 saturated carbocycles. The standard InChI is InChI=1S/C30H34N4O8.C20H20N2/c1-21(41-39)19-34(20-22(2)42-40)28-13-9-26(10-14-28)32-24-5-3-23(4-6-24)31-25-7-11-27(12-8-25)33(17-15-29(35)36)18-16-30(37)38;1-15-3-7-17(8-4-15)21-19-11-13-20(14-12-19)22-18-9-5-16(2)6-10-18/h3-14,31-32,39-40H,1-2,15-20H2,(H,35,36)(H,37,38);3-14,21-22H,1-2H3/p-2. The Morgan fingerprint density at radius 1 is 0.516 bits per heavy atom. The number of carboxylic acids is 2. The van der Waals surface area contributed by atoms with Crippen LogP contribution in [0, 0.1) is 13.8 Å². The van der Waals surface area contributed by atoms with Gasteiger partial charge in [0.1, 0.15) is 0 Å². The van der Waals surface area contributed by atoms with Crippen molar-refractivity contribution in [3.8, 4) is 0 Å². The van der Waals surface area contributed by atoms with Crippen LogP contribution in [0.15, 0.2) is 170 Å². The molecule has 0 aliphatic carbocycles. The van der Waals surface area contributed by atoms with Crippen LogP contribution in [0.25, 0.3) is 0 Å². The van der Waals surface area contributed by atoms with E-state index in [1.54, 1.807) is 21.9 Å². The number of benzene rings is 6. The smallest absolute Gasteiger partial charge is 0.305 e. The van der Waals surface area contributed by atoms with Crippen LogP contribution >= 0.6 is 0 Å². The minimum Gasteiger partial charge on any atom is -0.664 e. The van der Waals surface area contributed by atoms with Crippen LogP contribution in [0.1, 0.15) is 24.0 Å². The zero-order valence-corrected chi connectivity index (χ0v) is 35.8. The van der Waals surface area contributed by atoms with Gasteiger partial charge >= 0.3 is 5.97 Å². The zero-order valence-electron chi connectivity index (χ0n) is 35.8. The van der Waals surface area contributed by atoms with Crippen LogP contribution in [-0.2, 0) is 19.4 Å². The molecule has 0 bridgehead atoms. The van der Waals surface area contributed by atoms with Crippen LogP contribution < -0.4 is 41.4 Å². The number of nitrogens with one attached hydrogen (secondary N) is 4. The molecular weight excluding hydrogens is 813 g/mol. The van der Waals surface area contributed by atoms with Crippen molar-refractivity contribution in [1.82, 2.24) is 0 Å². The maximum atomic E-state index is 11.0. The second kappa shape index (κ2) is 23.9. The molecule has 0 aromatic heterocycles. The monoisotopic (exact) mass is 864 g/mol. The molecule has 0 saturated heterocycles. The van der Waals surface area contributed by atoms with Gasteiger partial charge in [0, 0.05) is 82.4 Å². The van der Waals surface area contributed by atoms with Crippen molar-refractivity contribution in [1.29, 1.82) is 0 Å². The number of aryl methyl sites for hydroxylation is 2. The average Bonchev–Trinajstić information content (AvgIpc) is 3.29. The minimum absolute atomic E-state index is 0.00111. The molecule has 0 radical (unpaired) electrons. The van der Waals surface area contributed by atoms with Gasteiger partial charge in [0.2, 0.25) is 0 Å². The molecule has 14 nitrogen and oxygen atoms in total. The predicted molar refractivity (Wildman–Crippen MR) is 251 cm³/mol. The lowest BCUT2D eigenvalue weighted by molar-refractivity contribution is -0.671. The highest BCUT2D eigenvalue weighted by Crippen LogP contribution is 2.27. The van der Waals surface area contributed by atoms with Gasteiger partial charge in [0.05, 0.1) is 25.3 Å². The average molecular weight is 865 g/mol. The number of carbonyl (C=O) groups excluding carboxylic acids is 1. The number of carboxylic acid groups (broad SMARTS) is 2. The fraction of sp³-hybridized carbons (Fsp3) is 0.160. The Morgan fingerprint density at radius 2 is 0.812 bits per heavy atom. The lowest BCUT2D eigenvalue weighted by Crippen LogP contribution is -2.32. The Hall–Kier alpha value is -7.94. The van der Waals surface area contributed by atoms with Crippen molar-refractivity contribution in [2.24, 2.45) is 0 Å². The molecular formula is C50H52N6O8-2. The number of carbonyl (C=O) groups is 2. The Bertz CT molecular complexity index is 2310. The summed E-state index contributed by atoms with van der Waals surface area (Å²) >= 11 is 0. The SMILES string of the molecule is C=C(CN(CC(=C)OO)c1ccc(Nc2ccc(Nc3ccc(N(CCC(=O)[O-])CCC(=O)O)cc3)cc2)cc1)O[O-].Cc1ccc(Nc2ccc(Nc3ccc(C)cc3)cc2)cc1. The molecule has 0 unspecified atom stereocenters. The van der Waals surface area contributed by atoms with Gasteiger partial charge in [-0.15, -0.1) is 0 Å². The molecule has 332 valence electrons. The number of rotatable bonds is 22. The highest BCUT2D eigenvalue weighted by molar-refractivity contribution is 5.71. The summed E-state index contributed by atoms with van der Waals surface area (Å²) in [7, 11) is 0. The molecule has 6 aromatic carbocycles. The molecule has 14 heteroatoms. The Balaban J connectivity index is 0.000000291. The van der Waals surface area contributed by atoms with Gasteiger partial charge in [0.25, 0.3) is 0 Å². The quantitative estimate of drug-likeness (QED) is 0.0215. The normalized spacial score (nSPS) is 10.3. The summed E-state index contributed by atoms with van der Waals surface area (Å²) in [5.74, 6) is -2.06. The van der Waals surface area contributed by atoms with Crippen molar-refractivity contribution in [2.45, 2.75) is 26.7 Å². The van der Waals surface area contributed by atoms with E-state index in [2.05, 4.69) is 131 Å². The van der Waals surface area contributed by atoms with Gasteiger partial charge in [-0.1, -0.05) is 48.6 Å². The van der Waals surface area contributed by atoms with E-state index in [1.165, 1.54) is 11.1 Å². The number of nitrogens with zero attached hydrogens (tertiary/aromatic N) is 2. The topological polar surface area (TPSA) is 194 Å². The van der Waals surface area contributed by atoms with E-state index in [9.17, 15) is 20.0 Å². The third-order valence-electron chi connectivity index (χ3n) is 9.66. The van der Waals surface area contributed by atoms with E-state index in [4.69, 9.17) is 10.4 Å². The molecule has 0 spiro atoms. The molecule has 6 N–H and O–H groups in total. The highest BCUT2D eigenvalue weighted by atomic mass is 17.1. The van der Waals surface area contributed by atoms with E-state index in [-0.39, 0.29) is 50.5 Å². The first-order valence-electron chi connectivity index (χ1n) is 20.4. The number of hydrogen-bond acceptors (Lipinski definition) is 13. The summed E-state index contributed by atoms with van der Waals surface area (Å²) in [6.45, 7) is 11.9. The fourth-order valence-corrected chi connectivity index (χ4v) is 6.27. The second-order valence-electron chi connectivity index (χ2n) is 14.8. The number of aliphatic carboxylic acids is 2. The molecule has 64 heavy (non-hydrogen) atoms. The van der Waals surface area contributed by atoms with Crippen molar-refractivity contribution in [3.63, 3.8) is 0 Å². The molecule has 0 aliphatic rings. The van der Waals surface area contributed by atoms with Crippen LogP contribution in [0.3, 0.4) is 0 Å².